The lowest BCUT2D eigenvalue weighted by Crippen LogP contribution is -2.02. The quantitative estimate of drug-likeness (QED) is 0.647. The van der Waals surface area contributed by atoms with Gasteiger partial charge in [-0.15, -0.1) is 0 Å². The normalized spacial score (nSPS) is 10.2. The van der Waals surface area contributed by atoms with Gasteiger partial charge in [-0.1, -0.05) is 15.9 Å². The fourth-order valence-electron chi connectivity index (χ4n) is 1.81. The molecular formula is C14H12BrFN2O3. The van der Waals surface area contributed by atoms with Gasteiger partial charge in [-0.2, -0.15) is 0 Å². The Bertz CT molecular complexity index is 679. The first-order valence-electron chi connectivity index (χ1n) is 6.01. The van der Waals surface area contributed by atoms with E-state index in [1.807, 2.05) is 0 Å². The van der Waals surface area contributed by atoms with Crippen molar-refractivity contribution >= 4 is 27.3 Å². The van der Waals surface area contributed by atoms with E-state index in [-0.39, 0.29) is 17.3 Å². The SMILES string of the molecule is COc1cc(NCc2cc(F)ccc2Br)ccc1[N+](=O)[O-]. The third-order valence-electron chi connectivity index (χ3n) is 2.87. The van der Waals surface area contributed by atoms with Crippen LogP contribution in [-0.2, 0) is 6.54 Å². The van der Waals surface area contributed by atoms with Crippen LogP contribution in [0.4, 0.5) is 15.8 Å². The summed E-state index contributed by atoms with van der Waals surface area (Å²) in [5, 5.41) is 13.9. The first-order valence-corrected chi connectivity index (χ1v) is 6.81. The minimum Gasteiger partial charge on any atom is -0.490 e. The first kappa shape index (κ1) is 15.2. The molecule has 1 N–H and O–H groups in total. The zero-order valence-electron chi connectivity index (χ0n) is 11.1. The number of nitro benzene ring substituents is 1. The molecule has 2 rings (SSSR count). The van der Waals surface area contributed by atoms with E-state index in [4.69, 9.17) is 4.74 Å². The number of anilines is 1. The van der Waals surface area contributed by atoms with Crippen LogP contribution in [0.25, 0.3) is 0 Å². The summed E-state index contributed by atoms with van der Waals surface area (Å²) in [5.41, 5.74) is 1.29. The van der Waals surface area contributed by atoms with Crippen molar-refractivity contribution < 1.29 is 14.1 Å². The molecule has 21 heavy (non-hydrogen) atoms. The molecule has 0 saturated carbocycles. The topological polar surface area (TPSA) is 64.4 Å². The zero-order chi connectivity index (χ0) is 15.4. The lowest BCUT2D eigenvalue weighted by Gasteiger charge is -2.10. The van der Waals surface area contributed by atoms with Crippen molar-refractivity contribution in [2.45, 2.75) is 6.54 Å². The van der Waals surface area contributed by atoms with Gasteiger partial charge in [0.2, 0.25) is 0 Å². The monoisotopic (exact) mass is 354 g/mol. The molecule has 2 aromatic carbocycles. The van der Waals surface area contributed by atoms with E-state index in [9.17, 15) is 14.5 Å². The summed E-state index contributed by atoms with van der Waals surface area (Å²) in [6, 6.07) is 8.88. The van der Waals surface area contributed by atoms with Crippen LogP contribution in [0.3, 0.4) is 0 Å². The largest absolute Gasteiger partial charge is 0.490 e. The van der Waals surface area contributed by atoms with Gasteiger partial charge in [-0.05, 0) is 29.8 Å². The molecule has 0 spiro atoms. The van der Waals surface area contributed by atoms with Gasteiger partial charge >= 0.3 is 5.69 Å². The van der Waals surface area contributed by atoms with Gasteiger partial charge in [0.05, 0.1) is 12.0 Å². The summed E-state index contributed by atoms with van der Waals surface area (Å²) in [5.74, 6) is -0.153. The smallest absolute Gasteiger partial charge is 0.311 e. The van der Waals surface area contributed by atoms with E-state index in [1.54, 1.807) is 12.1 Å². The molecule has 7 heteroatoms. The maximum Gasteiger partial charge on any atom is 0.311 e. The number of nitrogens with zero attached hydrogens (tertiary/aromatic N) is 1. The van der Waals surface area contributed by atoms with Crippen molar-refractivity contribution in [1.29, 1.82) is 0 Å². The van der Waals surface area contributed by atoms with Gasteiger partial charge in [0.15, 0.2) is 5.75 Å². The summed E-state index contributed by atoms with van der Waals surface area (Å²) >= 11 is 3.34. The summed E-state index contributed by atoms with van der Waals surface area (Å²) in [6.45, 7) is 0.374. The van der Waals surface area contributed by atoms with E-state index >= 15 is 0 Å². The average Bonchev–Trinajstić information content (AvgIpc) is 2.47. The van der Waals surface area contributed by atoms with E-state index in [1.165, 1.54) is 31.4 Å². The van der Waals surface area contributed by atoms with Crippen molar-refractivity contribution in [1.82, 2.24) is 0 Å². The van der Waals surface area contributed by atoms with E-state index in [2.05, 4.69) is 21.2 Å². The molecule has 0 radical (unpaired) electrons. The molecule has 0 aromatic heterocycles. The molecule has 0 bridgehead atoms. The van der Waals surface area contributed by atoms with Crippen LogP contribution in [-0.4, -0.2) is 12.0 Å². The van der Waals surface area contributed by atoms with E-state index in [0.717, 1.165) is 10.0 Å². The fraction of sp³-hybridized carbons (Fsp3) is 0.143. The number of nitro groups is 1. The highest BCUT2D eigenvalue weighted by molar-refractivity contribution is 9.10. The number of hydrogen-bond donors (Lipinski definition) is 1. The van der Waals surface area contributed by atoms with Gasteiger partial charge in [-0.25, -0.2) is 4.39 Å². The molecule has 0 atom stereocenters. The summed E-state index contributed by atoms with van der Waals surface area (Å²) < 4.78 is 19.0. The van der Waals surface area contributed by atoms with Crippen LogP contribution in [0, 0.1) is 15.9 Å². The molecule has 2 aromatic rings. The van der Waals surface area contributed by atoms with Crippen LogP contribution < -0.4 is 10.1 Å². The van der Waals surface area contributed by atoms with Crippen molar-refractivity contribution in [2.24, 2.45) is 0 Å². The zero-order valence-corrected chi connectivity index (χ0v) is 12.7. The maximum absolute atomic E-state index is 13.2. The second-order valence-electron chi connectivity index (χ2n) is 4.23. The lowest BCUT2D eigenvalue weighted by molar-refractivity contribution is -0.385. The van der Waals surface area contributed by atoms with Crippen LogP contribution in [0.15, 0.2) is 40.9 Å². The Morgan fingerprint density at radius 2 is 2.10 bits per heavy atom. The Kier molecular flexibility index (Phi) is 4.74. The average molecular weight is 355 g/mol. The van der Waals surface area contributed by atoms with Crippen molar-refractivity contribution in [3.05, 3.63) is 62.4 Å². The summed E-state index contributed by atoms with van der Waals surface area (Å²) in [4.78, 5) is 10.3. The molecule has 0 fully saturated rings. The Morgan fingerprint density at radius 3 is 2.76 bits per heavy atom. The third-order valence-corrected chi connectivity index (χ3v) is 3.64. The summed E-state index contributed by atoms with van der Waals surface area (Å²) in [7, 11) is 1.37. The lowest BCUT2D eigenvalue weighted by atomic mass is 10.2. The minimum atomic E-state index is -0.508. The van der Waals surface area contributed by atoms with E-state index in [0.29, 0.717) is 12.2 Å². The highest BCUT2D eigenvalue weighted by Crippen LogP contribution is 2.30. The molecule has 0 saturated heterocycles. The molecule has 0 heterocycles. The van der Waals surface area contributed by atoms with Crippen LogP contribution in [0.2, 0.25) is 0 Å². The second kappa shape index (κ2) is 6.53. The molecular weight excluding hydrogens is 343 g/mol. The molecule has 5 nitrogen and oxygen atoms in total. The second-order valence-corrected chi connectivity index (χ2v) is 5.09. The van der Waals surface area contributed by atoms with Crippen LogP contribution >= 0.6 is 15.9 Å². The number of ether oxygens (including phenoxy) is 1. The number of halogens is 2. The fourth-order valence-corrected chi connectivity index (χ4v) is 2.20. The van der Waals surface area contributed by atoms with Crippen LogP contribution in [0.1, 0.15) is 5.56 Å². The Morgan fingerprint density at radius 1 is 1.33 bits per heavy atom. The highest BCUT2D eigenvalue weighted by Gasteiger charge is 2.14. The molecule has 0 amide bonds. The van der Waals surface area contributed by atoms with Gasteiger partial charge in [0, 0.05) is 28.8 Å². The Labute approximate surface area is 129 Å². The molecule has 0 unspecified atom stereocenters. The molecule has 110 valence electrons. The number of methoxy groups -OCH3 is 1. The van der Waals surface area contributed by atoms with Crippen molar-refractivity contribution in [3.8, 4) is 5.75 Å². The number of hydrogen-bond acceptors (Lipinski definition) is 4. The minimum absolute atomic E-state index is 0.102. The number of nitrogens with one attached hydrogen (secondary N) is 1. The standard InChI is InChI=1S/C14H12BrFN2O3/c1-21-14-7-11(3-5-13(14)18(19)20)17-8-9-6-10(16)2-4-12(9)15/h2-7,17H,8H2,1H3. The highest BCUT2D eigenvalue weighted by atomic mass is 79.9. The Balaban J connectivity index is 2.17. The van der Waals surface area contributed by atoms with Gasteiger partial charge in [0.1, 0.15) is 5.82 Å². The van der Waals surface area contributed by atoms with Gasteiger partial charge in [-0.3, -0.25) is 10.1 Å². The predicted molar refractivity (Wildman–Crippen MR) is 81.1 cm³/mol. The van der Waals surface area contributed by atoms with Crippen molar-refractivity contribution in [2.75, 3.05) is 12.4 Å². The van der Waals surface area contributed by atoms with Crippen molar-refractivity contribution in [3.63, 3.8) is 0 Å². The number of rotatable bonds is 5. The number of benzene rings is 2. The Hall–Kier alpha value is -2.15. The van der Waals surface area contributed by atoms with Gasteiger partial charge in [0.25, 0.3) is 0 Å². The van der Waals surface area contributed by atoms with Crippen LogP contribution in [0.5, 0.6) is 5.75 Å². The molecule has 0 aliphatic rings. The third kappa shape index (κ3) is 3.69. The maximum atomic E-state index is 13.2. The molecule has 0 aliphatic heterocycles. The summed E-state index contributed by atoms with van der Waals surface area (Å²) in [6.07, 6.45) is 0. The van der Waals surface area contributed by atoms with Gasteiger partial charge < -0.3 is 10.1 Å². The molecule has 0 aliphatic carbocycles. The first-order chi connectivity index (χ1) is 10.0. The van der Waals surface area contributed by atoms with E-state index < -0.39 is 4.92 Å². The predicted octanol–water partition coefficient (Wildman–Crippen LogP) is 4.12.